The quantitative estimate of drug-likeness (QED) is 0.444. The Kier molecular flexibility index (Phi) is 5.27. The number of alkyl halides is 1. The van der Waals surface area contributed by atoms with Gasteiger partial charge in [0, 0.05) is 24.0 Å². The lowest BCUT2D eigenvalue weighted by molar-refractivity contribution is -0.385. The topological polar surface area (TPSA) is 63.4 Å². The first kappa shape index (κ1) is 15.9. The van der Waals surface area contributed by atoms with Crippen LogP contribution in [-0.4, -0.2) is 33.6 Å². The van der Waals surface area contributed by atoms with Gasteiger partial charge in [0.2, 0.25) is 0 Å². The summed E-state index contributed by atoms with van der Waals surface area (Å²) in [4.78, 5) is 24.1. The number of amides is 1. The smallest absolute Gasteiger partial charge is 0.272 e. The maximum atomic E-state index is 14.0. The van der Waals surface area contributed by atoms with E-state index in [0.717, 1.165) is 37.1 Å². The molecule has 0 heterocycles. The minimum absolute atomic E-state index is 0.0953. The maximum Gasteiger partial charge on any atom is 0.272 e. The van der Waals surface area contributed by atoms with Crippen LogP contribution in [0.15, 0.2) is 18.2 Å². The van der Waals surface area contributed by atoms with E-state index in [4.69, 9.17) is 0 Å². The second kappa shape index (κ2) is 6.98. The first-order chi connectivity index (χ1) is 10.0. The van der Waals surface area contributed by atoms with Crippen LogP contribution in [-0.2, 0) is 0 Å². The summed E-state index contributed by atoms with van der Waals surface area (Å²) in [5, 5.41) is 11.4. The molecule has 1 fully saturated rings. The van der Waals surface area contributed by atoms with Crippen molar-refractivity contribution in [3.05, 3.63) is 39.7 Å². The molecule has 1 aliphatic carbocycles. The normalized spacial score (nSPS) is 14.6. The summed E-state index contributed by atoms with van der Waals surface area (Å²) in [6.07, 6.45) is 3.73. The van der Waals surface area contributed by atoms with Crippen molar-refractivity contribution < 1.29 is 14.1 Å². The Morgan fingerprint density at radius 1 is 1.48 bits per heavy atom. The number of carbonyl (C=O) groups excluding carboxylic acids is 1. The van der Waals surface area contributed by atoms with Crippen LogP contribution in [0.3, 0.4) is 0 Å². The third-order valence-electron chi connectivity index (χ3n) is 3.70. The van der Waals surface area contributed by atoms with E-state index in [-0.39, 0.29) is 23.2 Å². The number of rotatable bonds is 6. The van der Waals surface area contributed by atoms with Crippen molar-refractivity contribution in [1.29, 1.82) is 0 Å². The molecule has 1 aromatic rings. The van der Waals surface area contributed by atoms with Gasteiger partial charge in [-0.1, -0.05) is 15.9 Å². The number of benzene rings is 1. The zero-order chi connectivity index (χ0) is 15.4. The molecule has 0 spiro atoms. The van der Waals surface area contributed by atoms with Gasteiger partial charge in [0.1, 0.15) is 5.82 Å². The van der Waals surface area contributed by atoms with Gasteiger partial charge >= 0.3 is 0 Å². The number of hydrogen-bond acceptors (Lipinski definition) is 3. The molecule has 0 saturated heterocycles. The highest BCUT2D eigenvalue weighted by Gasteiger charge is 2.30. The first-order valence-corrected chi connectivity index (χ1v) is 7.97. The van der Waals surface area contributed by atoms with Crippen molar-refractivity contribution in [2.45, 2.75) is 31.7 Å². The Bertz CT molecular complexity index is 549. The lowest BCUT2D eigenvalue weighted by Crippen LogP contribution is -2.45. The summed E-state index contributed by atoms with van der Waals surface area (Å²) in [5.41, 5.74) is -0.443. The van der Waals surface area contributed by atoms with Crippen LogP contribution in [0.1, 0.15) is 36.0 Å². The summed E-state index contributed by atoms with van der Waals surface area (Å²) in [5.74, 6) is -1.22. The number of nitrogens with zero attached hydrogens (tertiary/aromatic N) is 2. The predicted octanol–water partition coefficient (Wildman–Crippen LogP) is 3.51. The highest BCUT2D eigenvalue weighted by molar-refractivity contribution is 9.09. The maximum absolute atomic E-state index is 14.0. The zero-order valence-corrected chi connectivity index (χ0v) is 13.0. The number of nitro benzene ring substituents is 1. The van der Waals surface area contributed by atoms with Crippen LogP contribution < -0.4 is 0 Å². The lowest BCUT2D eigenvalue weighted by atomic mass is 9.90. The lowest BCUT2D eigenvalue weighted by Gasteiger charge is -2.37. The Hall–Kier alpha value is -1.50. The van der Waals surface area contributed by atoms with Crippen molar-refractivity contribution in [1.82, 2.24) is 4.90 Å². The minimum atomic E-state index is -0.836. The summed E-state index contributed by atoms with van der Waals surface area (Å²) in [6.45, 7) is 0.561. The third-order valence-corrected chi connectivity index (χ3v) is 4.26. The van der Waals surface area contributed by atoms with Gasteiger partial charge in [-0.3, -0.25) is 14.9 Å². The zero-order valence-electron chi connectivity index (χ0n) is 11.4. The highest BCUT2D eigenvalue weighted by Crippen LogP contribution is 2.27. The molecule has 0 aliphatic heterocycles. The Morgan fingerprint density at radius 2 is 2.19 bits per heavy atom. The molecule has 2 rings (SSSR count). The van der Waals surface area contributed by atoms with E-state index >= 15 is 0 Å². The van der Waals surface area contributed by atoms with Gasteiger partial charge in [0.25, 0.3) is 11.6 Å². The van der Waals surface area contributed by atoms with Gasteiger partial charge in [-0.05, 0) is 31.7 Å². The Labute approximate surface area is 130 Å². The van der Waals surface area contributed by atoms with Crippen LogP contribution in [0.5, 0.6) is 0 Å². The fourth-order valence-electron chi connectivity index (χ4n) is 2.32. The van der Waals surface area contributed by atoms with E-state index < -0.39 is 10.7 Å². The second-order valence-corrected chi connectivity index (χ2v) is 5.84. The van der Waals surface area contributed by atoms with E-state index in [1.807, 2.05) is 0 Å². The summed E-state index contributed by atoms with van der Waals surface area (Å²) < 4.78 is 14.0. The van der Waals surface area contributed by atoms with Crippen LogP contribution in [0.25, 0.3) is 0 Å². The number of carbonyl (C=O) groups is 1. The fraction of sp³-hybridized carbons (Fsp3) is 0.500. The molecule has 1 saturated carbocycles. The van der Waals surface area contributed by atoms with E-state index in [2.05, 4.69) is 15.9 Å². The standard InChI is InChI=1S/C14H16BrFN2O3/c15-7-2-8-17(10-3-1-4-10)14(19)12-6-5-11(18(20)21)9-13(12)16/h5-6,9-10H,1-4,7-8H2. The summed E-state index contributed by atoms with van der Waals surface area (Å²) in [7, 11) is 0. The SMILES string of the molecule is O=C(c1ccc([N+](=O)[O-])cc1F)N(CCCBr)C1CCC1. The minimum Gasteiger partial charge on any atom is -0.336 e. The average molecular weight is 359 g/mol. The highest BCUT2D eigenvalue weighted by atomic mass is 79.9. The molecule has 0 bridgehead atoms. The molecule has 5 nitrogen and oxygen atoms in total. The number of hydrogen-bond donors (Lipinski definition) is 0. The van der Waals surface area contributed by atoms with E-state index in [1.165, 1.54) is 12.1 Å². The molecule has 0 aromatic heterocycles. The molecule has 0 radical (unpaired) electrons. The van der Waals surface area contributed by atoms with Gasteiger partial charge in [0.15, 0.2) is 0 Å². The second-order valence-electron chi connectivity index (χ2n) is 5.05. The molecular formula is C14H16BrFN2O3. The van der Waals surface area contributed by atoms with Crippen molar-refractivity contribution in [2.75, 3.05) is 11.9 Å². The van der Waals surface area contributed by atoms with Gasteiger partial charge < -0.3 is 4.90 Å². The van der Waals surface area contributed by atoms with Gasteiger partial charge in [-0.25, -0.2) is 4.39 Å². The molecule has 0 N–H and O–H groups in total. The molecule has 0 atom stereocenters. The molecular weight excluding hydrogens is 343 g/mol. The van der Waals surface area contributed by atoms with Crippen molar-refractivity contribution in [3.8, 4) is 0 Å². The van der Waals surface area contributed by atoms with E-state index in [1.54, 1.807) is 4.90 Å². The largest absolute Gasteiger partial charge is 0.336 e. The van der Waals surface area contributed by atoms with Crippen LogP contribution in [0, 0.1) is 15.9 Å². The first-order valence-electron chi connectivity index (χ1n) is 6.85. The van der Waals surface area contributed by atoms with Crippen molar-refractivity contribution in [3.63, 3.8) is 0 Å². The van der Waals surface area contributed by atoms with Gasteiger partial charge in [-0.15, -0.1) is 0 Å². The van der Waals surface area contributed by atoms with Gasteiger partial charge in [0.05, 0.1) is 16.6 Å². The monoisotopic (exact) mass is 358 g/mol. The molecule has 1 amide bonds. The van der Waals surface area contributed by atoms with E-state index in [0.29, 0.717) is 6.54 Å². The fourth-order valence-corrected chi connectivity index (χ4v) is 2.57. The number of nitro groups is 1. The van der Waals surface area contributed by atoms with Gasteiger partial charge in [-0.2, -0.15) is 0 Å². The number of halogens is 2. The van der Waals surface area contributed by atoms with Crippen molar-refractivity contribution in [2.24, 2.45) is 0 Å². The van der Waals surface area contributed by atoms with Crippen LogP contribution >= 0.6 is 15.9 Å². The van der Waals surface area contributed by atoms with Crippen molar-refractivity contribution >= 4 is 27.5 Å². The third kappa shape index (κ3) is 3.58. The molecule has 0 unspecified atom stereocenters. The average Bonchev–Trinajstić information content (AvgIpc) is 2.40. The molecule has 21 heavy (non-hydrogen) atoms. The molecule has 1 aliphatic rings. The Balaban J connectivity index is 2.21. The molecule has 7 heteroatoms. The predicted molar refractivity (Wildman–Crippen MR) is 80.1 cm³/mol. The van der Waals surface area contributed by atoms with Crippen LogP contribution in [0.2, 0.25) is 0 Å². The summed E-state index contributed by atoms with van der Waals surface area (Å²) in [6, 6.07) is 3.33. The summed E-state index contributed by atoms with van der Waals surface area (Å²) >= 11 is 3.33. The Morgan fingerprint density at radius 3 is 2.67 bits per heavy atom. The molecule has 114 valence electrons. The number of non-ortho nitro benzene ring substituents is 1. The van der Waals surface area contributed by atoms with E-state index in [9.17, 15) is 19.3 Å². The molecule has 1 aromatic carbocycles. The van der Waals surface area contributed by atoms with Crippen LogP contribution in [0.4, 0.5) is 10.1 Å².